The van der Waals surface area contributed by atoms with E-state index in [2.05, 4.69) is 30.3 Å². The largest absolute Gasteiger partial charge is 0.461 e. The maximum Gasteiger partial charge on any atom is 0.305 e. The van der Waals surface area contributed by atoms with Crippen LogP contribution in [0.4, 0.5) is 0 Å². The Balaban J connectivity index is 2.16. The lowest BCUT2D eigenvalue weighted by molar-refractivity contribution is -0.144. The minimum atomic E-state index is -0.165. The predicted molar refractivity (Wildman–Crippen MR) is 81.5 cm³/mol. The summed E-state index contributed by atoms with van der Waals surface area (Å²) >= 11 is 0. The van der Waals surface area contributed by atoms with Crippen LogP contribution in [0.2, 0.25) is 0 Å². The number of esters is 1. The Morgan fingerprint density at radius 1 is 0.950 bits per heavy atom. The zero-order valence-electron chi connectivity index (χ0n) is 11.4. The highest BCUT2D eigenvalue weighted by molar-refractivity contribution is 6.08. The first-order valence-corrected chi connectivity index (χ1v) is 6.84. The lowest BCUT2D eigenvalue weighted by Crippen LogP contribution is -2.02. The van der Waals surface area contributed by atoms with Crippen LogP contribution in [0, 0.1) is 0 Å². The molecule has 100 valence electrons. The summed E-state index contributed by atoms with van der Waals surface area (Å²) in [7, 11) is 0. The lowest BCUT2D eigenvalue weighted by Gasteiger charge is -2.10. The molecule has 20 heavy (non-hydrogen) atoms. The van der Waals surface area contributed by atoms with E-state index >= 15 is 0 Å². The van der Waals surface area contributed by atoms with Crippen molar-refractivity contribution in [1.29, 1.82) is 0 Å². The van der Waals surface area contributed by atoms with E-state index in [9.17, 15) is 4.79 Å². The molecule has 3 rings (SSSR count). The van der Waals surface area contributed by atoms with E-state index in [1.807, 2.05) is 24.3 Å². The molecule has 0 saturated carbocycles. The summed E-state index contributed by atoms with van der Waals surface area (Å²) in [6.45, 7) is 2.14. The van der Waals surface area contributed by atoms with E-state index in [0.717, 1.165) is 10.9 Å². The maximum absolute atomic E-state index is 11.4. The normalized spacial score (nSPS) is 10.8. The number of ether oxygens (including phenoxy) is 1. The van der Waals surface area contributed by atoms with E-state index in [1.54, 1.807) is 6.92 Å². The van der Waals surface area contributed by atoms with E-state index in [0.29, 0.717) is 13.0 Å². The fourth-order valence-corrected chi connectivity index (χ4v) is 2.51. The Kier molecular flexibility index (Phi) is 3.38. The first-order valence-electron chi connectivity index (χ1n) is 6.84. The standard InChI is InChI=1S/C18H16O2/c1-2-18(19)20-12-14-11-13-7-3-4-8-15(13)17-10-6-5-9-16(14)17/h3-11H,2,12H2,1H3. The second-order valence-corrected chi connectivity index (χ2v) is 4.82. The third kappa shape index (κ3) is 2.25. The Bertz CT molecular complexity index is 775. The van der Waals surface area contributed by atoms with Crippen molar-refractivity contribution in [1.82, 2.24) is 0 Å². The van der Waals surface area contributed by atoms with Gasteiger partial charge in [0.1, 0.15) is 6.61 Å². The van der Waals surface area contributed by atoms with Crippen LogP contribution in [0.3, 0.4) is 0 Å². The zero-order chi connectivity index (χ0) is 13.9. The molecule has 0 aliphatic carbocycles. The second-order valence-electron chi connectivity index (χ2n) is 4.82. The van der Waals surface area contributed by atoms with E-state index in [-0.39, 0.29) is 5.97 Å². The number of fused-ring (bicyclic) bond motifs is 3. The molecule has 0 fully saturated rings. The Hall–Kier alpha value is -2.35. The highest BCUT2D eigenvalue weighted by atomic mass is 16.5. The van der Waals surface area contributed by atoms with Gasteiger partial charge in [-0.15, -0.1) is 0 Å². The lowest BCUT2D eigenvalue weighted by atomic mass is 9.98. The van der Waals surface area contributed by atoms with Crippen molar-refractivity contribution in [2.75, 3.05) is 0 Å². The topological polar surface area (TPSA) is 26.3 Å². The molecule has 0 bridgehead atoms. The fraction of sp³-hybridized carbons (Fsp3) is 0.167. The van der Waals surface area contributed by atoms with Crippen LogP contribution >= 0.6 is 0 Å². The Morgan fingerprint density at radius 2 is 1.60 bits per heavy atom. The van der Waals surface area contributed by atoms with E-state index < -0.39 is 0 Å². The van der Waals surface area contributed by atoms with Crippen molar-refractivity contribution in [2.45, 2.75) is 20.0 Å². The van der Waals surface area contributed by atoms with Crippen molar-refractivity contribution in [3.8, 4) is 0 Å². The summed E-state index contributed by atoms with van der Waals surface area (Å²) in [5.41, 5.74) is 1.06. The van der Waals surface area contributed by atoms with Gasteiger partial charge in [0.2, 0.25) is 0 Å². The first-order chi connectivity index (χ1) is 9.79. The summed E-state index contributed by atoms with van der Waals surface area (Å²) in [6, 6.07) is 18.6. The van der Waals surface area contributed by atoms with Crippen molar-refractivity contribution >= 4 is 27.5 Å². The smallest absolute Gasteiger partial charge is 0.305 e. The van der Waals surface area contributed by atoms with Crippen molar-refractivity contribution in [3.63, 3.8) is 0 Å². The molecule has 0 N–H and O–H groups in total. The van der Waals surface area contributed by atoms with Gasteiger partial charge in [-0.25, -0.2) is 0 Å². The number of carbonyl (C=O) groups excluding carboxylic acids is 1. The van der Waals surface area contributed by atoms with E-state index in [4.69, 9.17) is 4.74 Å². The molecule has 0 spiro atoms. The number of hydrogen-bond acceptors (Lipinski definition) is 2. The number of rotatable bonds is 3. The molecule has 0 aliphatic rings. The monoisotopic (exact) mass is 264 g/mol. The minimum Gasteiger partial charge on any atom is -0.461 e. The number of hydrogen-bond donors (Lipinski definition) is 0. The summed E-state index contributed by atoms with van der Waals surface area (Å²) < 4.78 is 5.30. The zero-order valence-corrected chi connectivity index (χ0v) is 11.4. The molecular formula is C18H16O2. The second kappa shape index (κ2) is 5.33. The average Bonchev–Trinajstić information content (AvgIpc) is 2.52. The molecule has 0 heterocycles. The molecule has 0 aromatic heterocycles. The predicted octanol–water partition coefficient (Wildman–Crippen LogP) is 4.45. The molecule has 2 heteroatoms. The summed E-state index contributed by atoms with van der Waals surface area (Å²) in [6.07, 6.45) is 0.408. The van der Waals surface area contributed by atoms with E-state index in [1.165, 1.54) is 16.2 Å². The summed E-state index contributed by atoms with van der Waals surface area (Å²) in [5.74, 6) is -0.165. The van der Waals surface area contributed by atoms with Crippen LogP contribution in [0.25, 0.3) is 21.5 Å². The fourth-order valence-electron chi connectivity index (χ4n) is 2.51. The average molecular weight is 264 g/mol. The van der Waals surface area contributed by atoms with Crippen LogP contribution in [0.15, 0.2) is 54.6 Å². The van der Waals surface area contributed by atoms with Crippen molar-refractivity contribution < 1.29 is 9.53 Å². The van der Waals surface area contributed by atoms with Gasteiger partial charge in [0, 0.05) is 6.42 Å². The van der Waals surface area contributed by atoms with Crippen LogP contribution in [-0.2, 0) is 16.1 Å². The maximum atomic E-state index is 11.4. The molecule has 0 amide bonds. The molecule has 3 aromatic rings. The van der Waals surface area contributed by atoms with Gasteiger partial charge in [-0.3, -0.25) is 4.79 Å². The molecule has 2 nitrogen and oxygen atoms in total. The van der Waals surface area contributed by atoms with Crippen molar-refractivity contribution in [3.05, 3.63) is 60.2 Å². The quantitative estimate of drug-likeness (QED) is 0.516. The number of carbonyl (C=O) groups is 1. The molecule has 0 radical (unpaired) electrons. The van der Waals surface area contributed by atoms with Crippen LogP contribution in [-0.4, -0.2) is 5.97 Å². The number of benzene rings is 3. The summed E-state index contributed by atoms with van der Waals surface area (Å²) in [5, 5.41) is 4.76. The van der Waals surface area contributed by atoms with Gasteiger partial charge in [-0.1, -0.05) is 55.5 Å². The van der Waals surface area contributed by atoms with Gasteiger partial charge in [-0.05, 0) is 33.2 Å². The molecule has 3 aromatic carbocycles. The van der Waals surface area contributed by atoms with Gasteiger partial charge >= 0.3 is 5.97 Å². The van der Waals surface area contributed by atoms with Crippen molar-refractivity contribution in [2.24, 2.45) is 0 Å². The molecule has 0 atom stereocenters. The Morgan fingerprint density at radius 3 is 2.35 bits per heavy atom. The van der Waals surface area contributed by atoms with Crippen LogP contribution < -0.4 is 0 Å². The SMILES string of the molecule is CCC(=O)OCc1cc2ccccc2c2ccccc12. The first kappa shape index (κ1) is 12.7. The highest BCUT2D eigenvalue weighted by Crippen LogP contribution is 2.29. The van der Waals surface area contributed by atoms with Crippen LogP contribution in [0.1, 0.15) is 18.9 Å². The van der Waals surface area contributed by atoms with Gasteiger partial charge in [-0.2, -0.15) is 0 Å². The molecular weight excluding hydrogens is 248 g/mol. The minimum absolute atomic E-state index is 0.165. The highest BCUT2D eigenvalue weighted by Gasteiger charge is 2.07. The van der Waals surface area contributed by atoms with Crippen LogP contribution in [0.5, 0.6) is 0 Å². The Labute approximate surface area is 118 Å². The third-order valence-electron chi connectivity index (χ3n) is 3.53. The van der Waals surface area contributed by atoms with Gasteiger partial charge in [0.25, 0.3) is 0 Å². The third-order valence-corrected chi connectivity index (χ3v) is 3.53. The molecule has 0 unspecified atom stereocenters. The van der Waals surface area contributed by atoms with Gasteiger partial charge in [0.15, 0.2) is 0 Å². The molecule has 0 saturated heterocycles. The summed E-state index contributed by atoms with van der Waals surface area (Å²) in [4.78, 5) is 11.4. The van der Waals surface area contributed by atoms with Gasteiger partial charge < -0.3 is 4.74 Å². The molecule has 0 aliphatic heterocycles. The van der Waals surface area contributed by atoms with Gasteiger partial charge in [0.05, 0.1) is 0 Å².